The van der Waals surface area contributed by atoms with Crippen molar-refractivity contribution in [3.8, 4) is 0 Å². The fourth-order valence-electron chi connectivity index (χ4n) is 4.91. The van der Waals surface area contributed by atoms with E-state index in [-0.39, 0.29) is 11.6 Å². The van der Waals surface area contributed by atoms with E-state index in [1.54, 1.807) is 12.1 Å². The van der Waals surface area contributed by atoms with Crippen LogP contribution in [0.4, 0.5) is 8.78 Å². The smallest absolute Gasteiger partial charge is 0.123 e. The predicted octanol–water partition coefficient (Wildman–Crippen LogP) is 7.69. The molecule has 3 rings (SSSR count). The molecule has 25 heavy (non-hydrogen) atoms. The summed E-state index contributed by atoms with van der Waals surface area (Å²) >= 11 is 0. The second kappa shape index (κ2) is 8.96. The van der Waals surface area contributed by atoms with Crippen LogP contribution < -0.4 is 0 Å². The molecule has 0 N–H and O–H groups in total. The molecule has 0 spiro atoms. The van der Waals surface area contributed by atoms with E-state index in [9.17, 15) is 8.78 Å². The number of hydrogen-bond acceptors (Lipinski definition) is 0. The summed E-state index contributed by atoms with van der Waals surface area (Å²) in [6.07, 6.45) is 13.2. The van der Waals surface area contributed by atoms with Crippen LogP contribution in [0, 0.1) is 23.6 Å². The molecule has 2 aliphatic rings. The average molecular weight is 347 g/mol. The maximum Gasteiger partial charge on any atom is 0.123 e. The first-order valence-corrected chi connectivity index (χ1v) is 10.3. The molecule has 0 saturated heterocycles. The van der Waals surface area contributed by atoms with Crippen LogP contribution in [-0.4, -0.2) is 0 Å². The van der Waals surface area contributed by atoms with Gasteiger partial charge in [0, 0.05) is 6.42 Å². The van der Waals surface area contributed by atoms with E-state index in [0.29, 0.717) is 18.3 Å². The van der Waals surface area contributed by atoms with E-state index >= 15 is 0 Å². The van der Waals surface area contributed by atoms with Gasteiger partial charge in [-0.1, -0.05) is 57.6 Å². The summed E-state index contributed by atoms with van der Waals surface area (Å²) in [7, 11) is 0. The molecule has 0 nitrogen and oxygen atoms in total. The van der Waals surface area contributed by atoms with E-state index in [0.717, 1.165) is 29.9 Å². The van der Waals surface area contributed by atoms with Crippen LogP contribution in [0.5, 0.6) is 0 Å². The van der Waals surface area contributed by atoms with Gasteiger partial charge in [0.05, 0.1) is 0 Å². The number of rotatable bonds is 6. The Balaban J connectivity index is 1.52. The van der Waals surface area contributed by atoms with Gasteiger partial charge in [0.15, 0.2) is 0 Å². The van der Waals surface area contributed by atoms with E-state index in [4.69, 9.17) is 0 Å². The van der Waals surface area contributed by atoms with Gasteiger partial charge in [-0.25, -0.2) is 8.78 Å². The largest absolute Gasteiger partial charge is 0.211 e. The zero-order valence-electron chi connectivity index (χ0n) is 15.6. The van der Waals surface area contributed by atoms with E-state index in [2.05, 4.69) is 6.92 Å². The first kappa shape index (κ1) is 18.6. The Morgan fingerprint density at radius 2 is 1.60 bits per heavy atom. The van der Waals surface area contributed by atoms with Crippen molar-refractivity contribution in [2.45, 2.75) is 77.6 Å². The highest BCUT2D eigenvalue weighted by atomic mass is 19.1. The topological polar surface area (TPSA) is 0 Å². The Hall–Kier alpha value is -1.18. The highest BCUT2D eigenvalue weighted by Gasteiger charge is 2.31. The molecule has 2 aliphatic carbocycles. The highest BCUT2D eigenvalue weighted by Crippen LogP contribution is 2.44. The fraction of sp³-hybridized carbons (Fsp3) is 0.652. The molecule has 1 aromatic rings. The third-order valence-corrected chi connectivity index (χ3v) is 6.50. The van der Waals surface area contributed by atoms with Gasteiger partial charge in [-0.05, 0) is 66.7 Å². The first-order chi connectivity index (χ1) is 12.2. The fourth-order valence-corrected chi connectivity index (χ4v) is 4.91. The molecule has 0 aromatic heterocycles. The molecule has 0 heterocycles. The summed E-state index contributed by atoms with van der Waals surface area (Å²) in [6, 6.07) is 6.29. The first-order valence-electron chi connectivity index (χ1n) is 10.3. The third kappa shape index (κ3) is 4.92. The van der Waals surface area contributed by atoms with E-state index in [1.807, 2.05) is 0 Å². The number of unbranched alkanes of at least 4 members (excludes halogenated alkanes) is 2. The Kier molecular flexibility index (Phi) is 6.67. The summed E-state index contributed by atoms with van der Waals surface area (Å²) < 4.78 is 27.8. The van der Waals surface area contributed by atoms with Crippen LogP contribution in [0.2, 0.25) is 0 Å². The second-order valence-corrected chi connectivity index (χ2v) is 8.17. The summed E-state index contributed by atoms with van der Waals surface area (Å²) in [4.78, 5) is 0. The van der Waals surface area contributed by atoms with Crippen molar-refractivity contribution in [1.82, 2.24) is 0 Å². The molecule has 0 bridgehead atoms. The monoisotopic (exact) mass is 346 g/mol. The Morgan fingerprint density at radius 1 is 0.880 bits per heavy atom. The van der Waals surface area contributed by atoms with Gasteiger partial charge in [0.1, 0.15) is 11.6 Å². The quantitative estimate of drug-likeness (QED) is 0.463. The van der Waals surface area contributed by atoms with Crippen LogP contribution in [0.15, 0.2) is 30.1 Å². The van der Waals surface area contributed by atoms with Crippen LogP contribution >= 0.6 is 0 Å². The van der Waals surface area contributed by atoms with Crippen LogP contribution in [0.25, 0.3) is 5.57 Å². The molecule has 1 aromatic carbocycles. The van der Waals surface area contributed by atoms with Gasteiger partial charge >= 0.3 is 0 Å². The number of allylic oxidation sites excluding steroid dienone is 2. The van der Waals surface area contributed by atoms with Crippen molar-refractivity contribution in [2.75, 3.05) is 0 Å². The molecule has 1 atom stereocenters. The van der Waals surface area contributed by atoms with Crippen molar-refractivity contribution in [3.63, 3.8) is 0 Å². The minimum Gasteiger partial charge on any atom is -0.211 e. The number of benzene rings is 1. The maximum atomic E-state index is 14.7. The van der Waals surface area contributed by atoms with Crippen molar-refractivity contribution >= 4 is 5.57 Å². The molecule has 138 valence electrons. The molecule has 0 unspecified atom stereocenters. The maximum absolute atomic E-state index is 14.7. The molecular formula is C23H32F2. The summed E-state index contributed by atoms with van der Waals surface area (Å²) in [5.74, 6) is 1.94. The van der Waals surface area contributed by atoms with E-state index in [1.165, 1.54) is 63.5 Å². The minimum atomic E-state index is -0.255. The van der Waals surface area contributed by atoms with E-state index < -0.39 is 0 Å². The average Bonchev–Trinajstić information content (AvgIpc) is 2.63. The zero-order valence-corrected chi connectivity index (χ0v) is 15.6. The molecule has 1 fully saturated rings. The number of hydrogen-bond donors (Lipinski definition) is 0. The summed E-state index contributed by atoms with van der Waals surface area (Å²) in [5, 5.41) is 0. The van der Waals surface area contributed by atoms with Crippen LogP contribution in [0.1, 0.15) is 83.1 Å². The Morgan fingerprint density at radius 3 is 2.24 bits per heavy atom. The molecule has 2 heteroatoms. The highest BCUT2D eigenvalue weighted by molar-refractivity contribution is 5.68. The van der Waals surface area contributed by atoms with Crippen LogP contribution in [-0.2, 0) is 0 Å². The predicted molar refractivity (Wildman–Crippen MR) is 101 cm³/mol. The minimum absolute atomic E-state index is 0.0490. The molecular weight excluding hydrogens is 314 g/mol. The summed E-state index contributed by atoms with van der Waals surface area (Å²) in [6.45, 7) is 2.27. The SMILES string of the molecule is CCCCCC1CCC([C@@H]2CCC(c3ccc(F)cc3)=C(F)C2)CC1. The van der Waals surface area contributed by atoms with Crippen molar-refractivity contribution in [3.05, 3.63) is 41.5 Å². The van der Waals surface area contributed by atoms with Gasteiger partial charge in [-0.2, -0.15) is 0 Å². The second-order valence-electron chi connectivity index (χ2n) is 8.17. The van der Waals surface area contributed by atoms with Gasteiger partial charge in [-0.15, -0.1) is 0 Å². The third-order valence-electron chi connectivity index (χ3n) is 6.50. The van der Waals surface area contributed by atoms with Crippen molar-refractivity contribution in [2.24, 2.45) is 17.8 Å². The molecule has 0 aliphatic heterocycles. The number of halogens is 2. The molecule has 0 radical (unpaired) electrons. The van der Waals surface area contributed by atoms with Gasteiger partial charge < -0.3 is 0 Å². The summed E-state index contributed by atoms with van der Waals surface area (Å²) in [5.41, 5.74) is 1.67. The van der Waals surface area contributed by atoms with Gasteiger partial charge in [-0.3, -0.25) is 0 Å². The Labute approximate surface area is 151 Å². The standard InChI is InChI=1S/C23H32F2/c1-2-3-4-5-17-6-8-18(9-7-17)20-12-15-22(23(25)16-20)19-10-13-21(24)14-11-19/h10-11,13-14,17-18,20H,2-9,12,15-16H2,1H3/t17?,18?,20-/m1/s1. The Bertz CT molecular complexity index is 564. The molecule has 1 saturated carbocycles. The molecule has 0 amide bonds. The van der Waals surface area contributed by atoms with Crippen molar-refractivity contribution in [1.29, 1.82) is 0 Å². The lowest BCUT2D eigenvalue weighted by Crippen LogP contribution is -2.24. The lowest BCUT2D eigenvalue weighted by Gasteiger charge is -2.36. The van der Waals surface area contributed by atoms with Crippen molar-refractivity contribution < 1.29 is 8.78 Å². The lowest BCUT2D eigenvalue weighted by molar-refractivity contribution is 0.179. The normalized spacial score (nSPS) is 27.6. The lowest BCUT2D eigenvalue weighted by atomic mass is 9.70. The van der Waals surface area contributed by atoms with Crippen LogP contribution in [0.3, 0.4) is 0 Å². The van der Waals surface area contributed by atoms with Gasteiger partial charge in [0.2, 0.25) is 0 Å². The van der Waals surface area contributed by atoms with Gasteiger partial charge in [0.25, 0.3) is 0 Å². The zero-order chi connectivity index (χ0) is 17.6.